The van der Waals surface area contributed by atoms with Crippen molar-refractivity contribution in [2.45, 2.75) is 51.1 Å². The normalized spacial score (nSPS) is 11.0. The predicted octanol–water partition coefficient (Wildman–Crippen LogP) is 4.10. The van der Waals surface area contributed by atoms with E-state index in [4.69, 9.17) is 9.72 Å². The van der Waals surface area contributed by atoms with Crippen LogP contribution in [-0.4, -0.2) is 40.1 Å². The summed E-state index contributed by atoms with van der Waals surface area (Å²) in [5, 5.41) is 3.62. The predicted molar refractivity (Wildman–Crippen MR) is 128 cm³/mol. The Balaban J connectivity index is 1.94. The first-order chi connectivity index (χ1) is 15.4. The summed E-state index contributed by atoms with van der Waals surface area (Å²) >= 11 is 2.83. The largest absolute Gasteiger partial charge is 0.465 e. The number of aromatic nitrogens is 3. The van der Waals surface area contributed by atoms with Gasteiger partial charge in [-0.25, -0.2) is 14.8 Å². The molecule has 0 spiro atoms. The number of hydrogen-bond donors (Lipinski definition) is 0. The van der Waals surface area contributed by atoms with E-state index in [0.717, 1.165) is 18.5 Å². The molecule has 0 bridgehead atoms. The van der Waals surface area contributed by atoms with Gasteiger partial charge in [-0.15, -0.1) is 11.3 Å². The number of ether oxygens (including phenoxy) is 1. The highest BCUT2D eigenvalue weighted by atomic mass is 32.2. The van der Waals surface area contributed by atoms with Gasteiger partial charge in [0.1, 0.15) is 0 Å². The Bertz CT molecular complexity index is 1190. The molecule has 0 unspecified atom stereocenters. The number of esters is 1. The first-order valence-corrected chi connectivity index (χ1v) is 12.2. The van der Waals surface area contributed by atoms with Gasteiger partial charge in [0.05, 0.1) is 29.3 Å². The minimum Gasteiger partial charge on any atom is -0.465 e. The van der Waals surface area contributed by atoms with Crippen LogP contribution in [0.5, 0.6) is 0 Å². The minimum atomic E-state index is -0.473. The van der Waals surface area contributed by atoms with E-state index in [2.05, 4.69) is 11.9 Å². The number of unbranched alkanes of at least 4 members (excludes halogenated alkanes) is 1. The second kappa shape index (κ2) is 10.7. The molecule has 0 radical (unpaired) electrons. The van der Waals surface area contributed by atoms with Crippen molar-refractivity contribution < 1.29 is 14.3 Å². The van der Waals surface area contributed by atoms with E-state index in [1.807, 2.05) is 12.3 Å². The fourth-order valence-electron chi connectivity index (χ4n) is 3.19. The third kappa shape index (κ3) is 5.18. The standard InChI is InChI=1S/C22H26N4O4S2/c1-5-7-10-26-19(28)17-9-8-15(20(29)30-4)11-18(17)24-22(26)32-13-16-12-31-21(23-16)25(6-2)14(3)27/h8-9,11-12H,5-7,10,13H2,1-4H3. The van der Waals surface area contributed by atoms with E-state index in [0.29, 0.717) is 45.6 Å². The van der Waals surface area contributed by atoms with Crippen LogP contribution >= 0.6 is 23.1 Å². The lowest BCUT2D eigenvalue weighted by Gasteiger charge is -2.14. The number of carbonyl (C=O) groups is 2. The molecule has 0 fully saturated rings. The van der Waals surface area contributed by atoms with Gasteiger partial charge >= 0.3 is 5.97 Å². The number of hydrogen-bond acceptors (Lipinski definition) is 8. The lowest BCUT2D eigenvalue weighted by molar-refractivity contribution is -0.116. The summed E-state index contributed by atoms with van der Waals surface area (Å²) in [5.74, 6) is -0.0155. The molecular formula is C22H26N4O4S2. The van der Waals surface area contributed by atoms with Crippen LogP contribution in [0.3, 0.4) is 0 Å². The van der Waals surface area contributed by atoms with E-state index in [1.165, 1.54) is 37.1 Å². The van der Waals surface area contributed by atoms with Crippen LogP contribution in [0.2, 0.25) is 0 Å². The summed E-state index contributed by atoms with van der Waals surface area (Å²) in [7, 11) is 1.32. The first kappa shape index (κ1) is 23.9. The van der Waals surface area contributed by atoms with E-state index < -0.39 is 5.97 Å². The Morgan fingerprint density at radius 2 is 2.03 bits per heavy atom. The van der Waals surface area contributed by atoms with Crippen molar-refractivity contribution in [2.24, 2.45) is 0 Å². The lowest BCUT2D eigenvalue weighted by Crippen LogP contribution is -2.27. The highest BCUT2D eigenvalue weighted by Gasteiger charge is 2.17. The van der Waals surface area contributed by atoms with Crippen LogP contribution in [0.4, 0.5) is 5.13 Å². The van der Waals surface area contributed by atoms with Gasteiger partial charge in [0.15, 0.2) is 10.3 Å². The number of carbonyl (C=O) groups excluding carboxylic acids is 2. The van der Waals surface area contributed by atoms with E-state index in [9.17, 15) is 14.4 Å². The smallest absolute Gasteiger partial charge is 0.337 e. The number of fused-ring (bicyclic) bond motifs is 1. The SMILES string of the molecule is CCCCn1c(SCc2csc(N(CC)C(C)=O)n2)nc2cc(C(=O)OC)ccc2c1=O. The molecule has 0 saturated heterocycles. The average molecular weight is 475 g/mol. The Morgan fingerprint density at radius 3 is 2.69 bits per heavy atom. The number of amides is 1. The van der Waals surface area contributed by atoms with Gasteiger partial charge in [0.25, 0.3) is 5.56 Å². The molecule has 1 aromatic carbocycles. The summed E-state index contributed by atoms with van der Waals surface area (Å²) in [4.78, 5) is 47.7. The summed E-state index contributed by atoms with van der Waals surface area (Å²) in [6.07, 6.45) is 1.80. The molecule has 10 heteroatoms. The second-order valence-corrected chi connectivity index (χ2v) is 8.88. The Hall–Kier alpha value is -2.72. The molecular weight excluding hydrogens is 448 g/mol. The van der Waals surface area contributed by atoms with Gasteiger partial charge in [-0.1, -0.05) is 25.1 Å². The van der Waals surface area contributed by atoms with Crippen molar-refractivity contribution >= 4 is 51.0 Å². The quantitative estimate of drug-likeness (QED) is 0.262. The second-order valence-electron chi connectivity index (χ2n) is 7.10. The third-order valence-electron chi connectivity index (χ3n) is 4.89. The van der Waals surface area contributed by atoms with Crippen LogP contribution in [-0.2, 0) is 21.8 Å². The maximum absolute atomic E-state index is 13.2. The van der Waals surface area contributed by atoms with Crippen LogP contribution in [0.1, 0.15) is 49.7 Å². The fourth-order valence-corrected chi connectivity index (χ4v) is 5.14. The molecule has 0 atom stereocenters. The molecule has 0 N–H and O–H groups in total. The van der Waals surface area contributed by atoms with Gasteiger partial charge in [-0.05, 0) is 31.5 Å². The zero-order chi connectivity index (χ0) is 23.3. The summed E-state index contributed by atoms with van der Waals surface area (Å²) in [6.45, 7) is 6.62. The van der Waals surface area contributed by atoms with Gasteiger partial charge in [-0.3, -0.25) is 19.1 Å². The molecule has 1 amide bonds. The molecule has 0 aliphatic rings. The average Bonchev–Trinajstić information content (AvgIpc) is 3.25. The number of thiazole rings is 1. The number of anilines is 1. The molecule has 32 heavy (non-hydrogen) atoms. The highest BCUT2D eigenvalue weighted by molar-refractivity contribution is 7.98. The maximum Gasteiger partial charge on any atom is 0.337 e. The summed E-state index contributed by atoms with van der Waals surface area (Å²) in [5.41, 5.74) is 1.49. The summed E-state index contributed by atoms with van der Waals surface area (Å²) in [6, 6.07) is 4.80. The number of methoxy groups -OCH3 is 1. The van der Waals surface area contributed by atoms with E-state index in [-0.39, 0.29) is 11.5 Å². The first-order valence-electron chi connectivity index (χ1n) is 10.4. The van der Waals surface area contributed by atoms with Crippen molar-refractivity contribution in [1.82, 2.24) is 14.5 Å². The number of thioether (sulfide) groups is 1. The van der Waals surface area contributed by atoms with Gasteiger partial charge in [0.2, 0.25) is 5.91 Å². The minimum absolute atomic E-state index is 0.0490. The monoisotopic (exact) mass is 474 g/mol. The molecule has 3 rings (SSSR count). The van der Waals surface area contributed by atoms with Gasteiger partial charge in [-0.2, -0.15) is 0 Å². The maximum atomic E-state index is 13.2. The Labute approximate surface area is 194 Å². The van der Waals surface area contributed by atoms with Crippen LogP contribution in [0.15, 0.2) is 33.5 Å². The molecule has 0 aliphatic heterocycles. The molecule has 3 aromatic rings. The molecule has 2 heterocycles. The Morgan fingerprint density at radius 1 is 1.25 bits per heavy atom. The number of benzene rings is 1. The molecule has 170 valence electrons. The molecule has 8 nitrogen and oxygen atoms in total. The Kier molecular flexibility index (Phi) is 8.03. The lowest BCUT2D eigenvalue weighted by atomic mass is 10.1. The molecule has 0 aliphatic carbocycles. The zero-order valence-electron chi connectivity index (χ0n) is 18.6. The van der Waals surface area contributed by atoms with E-state index >= 15 is 0 Å². The van der Waals surface area contributed by atoms with Crippen molar-refractivity contribution in [2.75, 3.05) is 18.6 Å². The topological polar surface area (TPSA) is 94.4 Å². The summed E-state index contributed by atoms with van der Waals surface area (Å²) < 4.78 is 6.48. The number of nitrogens with zero attached hydrogens (tertiary/aromatic N) is 4. The van der Waals surface area contributed by atoms with Gasteiger partial charge < -0.3 is 4.74 Å². The van der Waals surface area contributed by atoms with Crippen molar-refractivity contribution in [3.8, 4) is 0 Å². The zero-order valence-corrected chi connectivity index (χ0v) is 20.2. The van der Waals surface area contributed by atoms with Crippen molar-refractivity contribution in [1.29, 1.82) is 0 Å². The third-order valence-corrected chi connectivity index (χ3v) is 6.82. The van der Waals surface area contributed by atoms with Crippen molar-refractivity contribution in [3.63, 3.8) is 0 Å². The number of rotatable bonds is 9. The molecule has 0 saturated carbocycles. The highest BCUT2D eigenvalue weighted by Crippen LogP contribution is 2.27. The van der Waals surface area contributed by atoms with Crippen molar-refractivity contribution in [3.05, 3.63) is 45.2 Å². The van der Waals surface area contributed by atoms with E-state index in [1.54, 1.807) is 27.7 Å². The van der Waals surface area contributed by atoms with Crippen LogP contribution in [0.25, 0.3) is 10.9 Å². The van der Waals surface area contributed by atoms with Gasteiger partial charge in [0, 0.05) is 31.1 Å². The van der Waals surface area contributed by atoms with Crippen LogP contribution in [0, 0.1) is 0 Å². The molecule has 2 aromatic heterocycles. The van der Waals surface area contributed by atoms with Crippen LogP contribution < -0.4 is 10.5 Å². The fraction of sp³-hybridized carbons (Fsp3) is 0.409.